The molecule has 3 N–H and O–H groups in total. The number of rotatable bonds is 9. The number of primary amides is 1. The number of nitrogens with zero attached hydrogens (tertiary/aromatic N) is 2. The second-order valence-corrected chi connectivity index (χ2v) is 7.18. The largest absolute Gasteiger partial charge is 0.495 e. The van der Waals surface area contributed by atoms with E-state index in [-0.39, 0.29) is 13.0 Å². The fourth-order valence-electron chi connectivity index (χ4n) is 3.58. The average molecular weight is 399 g/mol. The summed E-state index contributed by atoms with van der Waals surface area (Å²) in [5.74, 6) is 1.06. The van der Waals surface area contributed by atoms with Crippen LogP contribution in [-0.4, -0.2) is 68.5 Å². The van der Waals surface area contributed by atoms with Crippen molar-refractivity contribution in [3.63, 3.8) is 0 Å². The van der Waals surface area contributed by atoms with Gasteiger partial charge in [0.05, 0.1) is 19.2 Å². The summed E-state index contributed by atoms with van der Waals surface area (Å²) >= 11 is 0. The van der Waals surface area contributed by atoms with Crippen LogP contribution < -0.4 is 20.1 Å². The van der Waals surface area contributed by atoms with Crippen LogP contribution in [0.25, 0.3) is 0 Å². The smallest absolute Gasteiger partial charge is 0.221 e. The lowest BCUT2D eigenvalue weighted by molar-refractivity contribution is -0.117. The van der Waals surface area contributed by atoms with Gasteiger partial charge in [0.2, 0.25) is 5.91 Å². The van der Waals surface area contributed by atoms with Gasteiger partial charge in [0, 0.05) is 38.3 Å². The van der Waals surface area contributed by atoms with Crippen LogP contribution in [-0.2, 0) is 11.2 Å². The number of carbonyl (C=O) groups excluding carboxylic acids is 1. The Morgan fingerprint density at radius 1 is 1.07 bits per heavy atom. The predicted octanol–water partition coefficient (Wildman–Crippen LogP) is 1.28. The number of hydrogen-bond acceptors (Lipinski definition) is 6. The third-order valence-electron chi connectivity index (χ3n) is 5.04. The molecule has 0 spiro atoms. The van der Waals surface area contributed by atoms with Gasteiger partial charge in [-0.15, -0.1) is 0 Å². The van der Waals surface area contributed by atoms with Gasteiger partial charge in [-0.25, -0.2) is 0 Å². The SMILES string of the molecule is COc1ccccc1N1CCN(CC(O)COc2ccccc2CC(N)=O)CC1. The average Bonchev–Trinajstić information content (AvgIpc) is 2.73. The molecule has 1 saturated heterocycles. The van der Waals surface area contributed by atoms with E-state index in [2.05, 4.69) is 15.9 Å². The first-order valence-corrected chi connectivity index (χ1v) is 9.84. The first-order chi connectivity index (χ1) is 14.1. The highest BCUT2D eigenvalue weighted by Crippen LogP contribution is 2.28. The Kier molecular flexibility index (Phi) is 7.32. The number of methoxy groups -OCH3 is 1. The van der Waals surface area contributed by atoms with Crippen molar-refractivity contribution in [1.29, 1.82) is 0 Å². The summed E-state index contributed by atoms with van der Waals surface area (Å²) in [6, 6.07) is 15.3. The Morgan fingerprint density at radius 3 is 2.41 bits per heavy atom. The number of ether oxygens (including phenoxy) is 2. The Bertz CT molecular complexity index is 806. The van der Waals surface area contributed by atoms with Gasteiger partial charge in [0.25, 0.3) is 0 Å². The molecule has 0 aliphatic carbocycles. The number of aliphatic hydroxyl groups is 1. The predicted molar refractivity (Wildman–Crippen MR) is 112 cm³/mol. The fourth-order valence-corrected chi connectivity index (χ4v) is 3.58. The van der Waals surface area contributed by atoms with Crippen molar-refractivity contribution < 1.29 is 19.4 Å². The Balaban J connectivity index is 1.47. The zero-order valence-corrected chi connectivity index (χ0v) is 16.8. The van der Waals surface area contributed by atoms with E-state index >= 15 is 0 Å². The summed E-state index contributed by atoms with van der Waals surface area (Å²) in [5.41, 5.74) is 7.12. The molecule has 7 heteroatoms. The lowest BCUT2D eigenvalue weighted by Gasteiger charge is -2.37. The zero-order chi connectivity index (χ0) is 20.6. The van der Waals surface area contributed by atoms with Gasteiger partial charge >= 0.3 is 0 Å². The number of anilines is 1. The highest BCUT2D eigenvalue weighted by Gasteiger charge is 2.21. The molecule has 1 unspecified atom stereocenters. The minimum atomic E-state index is -0.616. The minimum absolute atomic E-state index is 0.122. The normalized spacial score (nSPS) is 15.7. The number of amides is 1. The van der Waals surface area contributed by atoms with Gasteiger partial charge in [-0.3, -0.25) is 9.69 Å². The molecule has 1 atom stereocenters. The summed E-state index contributed by atoms with van der Waals surface area (Å²) in [7, 11) is 1.69. The van der Waals surface area contributed by atoms with Crippen LogP contribution in [0.15, 0.2) is 48.5 Å². The Labute approximate surface area is 171 Å². The van der Waals surface area contributed by atoms with Gasteiger partial charge in [-0.1, -0.05) is 30.3 Å². The highest BCUT2D eigenvalue weighted by molar-refractivity contribution is 5.77. The van der Waals surface area contributed by atoms with Crippen LogP contribution >= 0.6 is 0 Å². The van der Waals surface area contributed by atoms with E-state index < -0.39 is 12.0 Å². The Hall–Kier alpha value is -2.77. The monoisotopic (exact) mass is 399 g/mol. The van der Waals surface area contributed by atoms with E-state index in [9.17, 15) is 9.90 Å². The molecule has 3 rings (SSSR count). The third-order valence-corrected chi connectivity index (χ3v) is 5.04. The summed E-state index contributed by atoms with van der Waals surface area (Å²) < 4.78 is 11.2. The van der Waals surface area contributed by atoms with Gasteiger partial charge < -0.3 is 25.2 Å². The van der Waals surface area contributed by atoms with Gasteiger partial charge in [0.15, 0.2) is 0 Å². The molecule has 0 bridgehead atoms. The molecule has 7 nitrogen and oxygen atoms in total. The van der Waals surface area contributed by atoms with Crippen molar-refractivity contribution in [2.45, 2.75) is 12.5 Å². The summed E-state index contributed by atoms with van der Waals surface area (Å²) in [4.78, 5) is 15.7. The van der Waals surface area contributed by atoms with Crippen LogP contribution in [0.3, 0.4) is 0 Å². The lowest BCUT2D eigenvalue weighted by atomic mass is 10.1. The van der Waals surface area contributed by atoms with E-state index in [1.54, 1.807) is 13.2 Å². The molecule has 0 saturated carbocycles. The van der Waals surface area contributed by atoms with E-state index in [1.165, 1.54) is 0 Å². The highest BCUT2D eigenvalue weighted by atomic mass is 16.5. The van der Waals surface area contributed by atoms with Crippen molar-refractivity contribution in [1.82, 2.24) is 4.90 Å². The molecule has 1 heterocycles. The zero-order valence-electron chi connectivity index (χ0n) is 16.8. The Morgan fingerprint density at radius 2 is 1.72 bits per heavy atom. The molecule has 1 aliphatic rings. The molecule has 0 aromatic heterocycles. The van der Waals surface area contributed by atoms with Crippen LogP contribution in [0, 0.1) is 0 Å². The molecule has 29 heavy (non-hydrogen) atoms. The number of β-amino-alcohol motifs (C(OH)–C–C–N with tert-alkyl or cyclic N) is 1. The van der Waals surface area contributed by atoms with Crippen molar-refractivity contribution in [2.75, 3.05) is 51.3 Å². The topological polar surface area (TPSA) is 88.3 Å². The standard InChI is InChI=1S/C22H29N3O4/c1-28-21-9-5-3-7-19(21)25-12-10-24(11-13-25)15-18(26)16-29-20-8-4-2-6-17(20)14-22(23)27/h2-9,18,26H,10-16H2,1H3,(H2,23,27). The van der Waals surface area contributed by atoms with Crippen molar-refractivity contribution in [3.05, 3.63) is 54.1 Å². The molecule has 1 fully saturated rings. The second-order valence-electron chi connectivity index (χ2n) is 7.18. The maximum atomic E-state index is 11.2. The van der Waals surface area contributed by atoms with Crippen LogP contribution in [0.2, 0.25) is 0 Å². The fraction of sp³-hybridized carbons (Fsp3) is 0.409. The number of carbonyl (C=O) groups is 1. The van der Waals surface area contributed by atoms with E-state index in [1.807, 2.05) is 36.4 Å². The van der Waals surface area contributed by atoms with Crippen molar-refractivity contribution >= 4 is 11.6 Å². The first-order valence-electron chi connectivity index (χ1n) is 9.84. The summed E-state index contributed by atoms with van der Waals surface area (Å²) in [5, 5.41) is 10.4. The maximum Gasteiger partial charge on any atom is 0.221 e. The molecule has 2 aromatic carbocycles. The van der Waals surface area contributed by atoms with Crippen LogP contribution in [0.4, 0.5) is 5.69 Å². The number of benzene rings is 2. The number of hydrogen-bond donors (Lipinski definition) is 2. The van der Waals surface area contributed by atoms with Gasteiger partial charge in [0.1, 0.15) is 24.2 Å². The summed E-state index contributed by atoms with van der Waals surface area (Å²) in [6.07, 6.45) is -0.494. The molecule has 0 radical (unpaired) electrons. The van der Waals surface area contributed by atoms with Crippen molar-refractivity contribution in [3.8, 4) is 11.5 Å². The summed E-state index contributed by atoms with van der Waals surface area (Å²) in [6.45, 7) is 4.16. The van der Waals surface area contributed by atoms with Crippen molar-refractivity contribution in [2.24, 2.45) is 5.73 Å². The number of nitrogens with two attached hydrogens (primary N) is 1. The quantitative estimate of drug-likeness (QED) is 0.661. The van der Waals surface area contributed by atoms with Crippen LogP contribution in [0.1, 0.15) is 5.56 Å². The lowest BCUT2D eigenvalue weighted by Crippen LogP contribution is -2.49. The first kappa shape index (κ1) is 21.0. The van der Waals surface area contributed by atoms with E-state index in [0.29, 0.717) is 12.3 Å². The van der Waals surface area contributed by atoms with Gasteiger partial charge in [-0.2, -0.15) is 0 Å². The molecule has 2 aromatic rings. The maximum absolute atomic E-state index is 11.2. The van der Waals surface area contributed by atoms with Gasteiger partial charge in [-0.05, 0) is 18.2 Å². The van der Waals surface area contributed by atoms with E-state index in [4.69, 9.17) is 15.2 Å². The third kappa shape index (κ3) is 5.85. The second kappa shape index (κ2) is 10.1. The number of para-hydroxylation sites is 3. The molecule has 1 aliphatic heterocycles. The molecular formula is C22H29N3O4. The molecule has 156 valence electrons. The van der Waals surface area contributed by atoms with Crippen LogP contribution in [0.5, 0.6) is 11.5 Å². The minimum Gasteiger partial charge on any atom is -0.495 e. The molecule has 1 amide bonds. The number of aliphatic hydroxyl groups excluding tert-OH is 1. The number of piperazine rings is 1. The van der Waals surface area contributed by atoms with E-state index in [0.717, 1.165) is 43.2 Å². The molecular weight excluding hydrogens is 370 g/mol.